The van der Waals surface area contributed by atoms with Crippen LogP contribution in [0.3, 0.4) is 0 Å². The SMILES string of the molecule is C=CCCCCOC(=O)[C@@H]1[C@H]2C(=O)N([C@@H](CO)[C@@H](C)CC)C(C(=O)N(CC=C)c3c(C)cccc3C)C23CC[C@@]1(CC)O3. The number of aliphatic hydroxyl groups excluding tert-OH is 1. The van der Waals surface area contributed by atoms with Gasteiger partial charge >= 0.3 is 5.97 Å². The van der Waals surface area contributed by atoms with Gasteiger partial charge in [-0.15, -0.1) is 13.2 Å². The molecule has 0 aromatic heterocycles. The van der Waals surface area contributed by atoms with Crippen LogP contribution in [0.2, 0.25) is 0 Å². The summed E-state index contributed by atoms with van der Waals surface area (Å²) in [6.45, 7) is 17.8. The Labute approximate surface area is 257 Å². The minimum absolute atomic E-state index is 0.0832. The maximum absolute atomic E-state index is 15.0. The fourth-order valence-corrected chi connectivity index (χ4v) is 7.92. The van der Waals surface area contributed by atoms with Crippen molar-refractivity contribution in [1.29, 1.82) is 0 Å². The van der Waals surface area contributed by atoms with Crippen molar-refractivity contribution in [3.8, 4) is 0 Å². The zero-order valence-corrected chi connectivity index (χ0v) is 26.6. The lowest BCUT2D eigenvalue weighted by Gasteiger charge is -2.41. The van der Waals surface area contributed by atoms with E-state index in [1.54, 1.807) is 15.9 Å². The third-order valence-corrected chi connectivity index (χ3v) is 10.3. The van der Waals surface area contributed by atoms with Crippen LogP contribution in [0.25, 0.3) is 0 Å². The minimum Gasteiger partial charge on any atom is -0.465 e. The number of allylic oxidation sites excluding steroid dienone is 1. The first-order chi connectivity index (χ1) is 20.6. The highest BCUT2D eigenvalue weighted by Gasteiger charge is 2.79. The summed E-state index contributed by atoms with van der Waals surface area (Å²) in [5.41, 5.74) is 0.557. The second-order valence-corrected chi connectivity index (χ2v) is 12.6. The van der Waals surface area contributed by atoms with Crippen LogP contribution in [0.4, 0.5) is 5.69 Å². The summed E-state index contributed by atoms with van der Waals surface area (Å²) in [4.78, 5) is 46.8. The summed E-state index contributed by atoms with van der Waals surface area (Å²) < 4.78 is 12.7. The van der Waals surface area contributed by atoms with Gasteiger partial charge in [-0.2, -0.15) is 0 Å². The van der Waals surface area contributed by atoms with Crippen molar-refractivity contribution in [2.75, 3.05) is 24.7 Å². The van der Waals surface area contributed by atoms with Crippen molar-refractivity contribution < 1.29 is 29.0 Å². The molecule has 2 unspecified atom stereocenters. The third-order valence-electron chi connectivity index (χ3n) is 10.3. The molecule has 1 aromatic carbocycles. The zero-order valence-electron chi connectivity index (χ0n) is 26.6. The van der Waals surface area contributed by atoms with Crippen LogP contribution in [-0.4, -0.2) is 70.8 Å². The Morgan fingerprint density at radius 3 is 2.47 bits per heavy atom. The number of aryl methyl sites for hydroxylation is 2. The molecule has 3 heterocycles. The summed E-state index contributed by atoms with van der Waals surface area (Å²) in [5, 5.41) is 10.7. The van der Waals surface area contributed by atoms with E-state index in [0.717, 1.165) is 29.7 Å². The van der Waals surface area contributed by atoms with E-state index in [0.29, 0.717) is 32.1 Å². The molecule has 1 aromatic rings. The number of benzene rings is 1. The number of esters is 1. The standard InChI is InChI=1S/C35H50N2O6/c1-8-12-13-14-21-42-33(41)28-27-31(39)37(26(22-38)23(5)10-3)30(35(27)19-18-34(28,11-4)43-35)32(40)36(20-9-2)29-24(6)16-15-17-25(29)7/h8-9,15-17,23,26-28,30,38H,1-2,10-14,18-22H2,3-7H3/t23-,26-,27-,28-,30?,34+,35?/m0/s1. The van der Waals surface area contributed by atoms with Gasteiger partial charge in [0.05, 0.1) is 30.8 Å². The number of anilines is 1. The quantitative estimate of drug-likeness (QED) is 0.169. The van der Waals surface area contributed by atoms with Gasteiger partial charge in [0.1, 0.15) is 17.6 Å². The highest BCUT2D eigenvalue weighted by Crippen LogP contribution is 2.65. The average Bonchev–Trinajstić information content (AvgIpc) is 3.60. The van der Waals surface area contributed by atoms with E-state index < -0.39 is 41.1 Å². The van der Waals surface area contributed by atoms with E-state index in [9.17, 15) is 19.5 Å². The van der Waals surface area contributed by atoms with Gasteiger partial charge in [0, 0.05) is 12.2 Å². The van der Waals surface area contributed by atoms with Crippen molar-refractivity contribution in [3.63, 3.8) is 0 Å². The lowest BCUT2D eigenvalue weighted by Crippen LogP contribution is -2.60. The Bertz CT molecular complexity index is 1210. The summed E-state index contributed by atoms with van der Waals surface area (Å²) in [7, 11) is 0. The minimum atomic E-state index is -1.20. The number of nitrogens with zero attached hydrogens (tertiary/aromatic N) is 2. The number of rotatable bonds is 15. The number of carbonyl (C=O) groups is 3. The van der Waals surface area contributed by atoms with E-state index in [1.165, 1.54) is 0 Å². The van der Waals surface area contributed by atoms with Gasteiger partial charge in [-0.05, 0) is 69.4 Å². The summed E-state index contributed by atoms with van der Waals surface area (Å²) >= 11 is 0. The third kappa shape index (κ3) is 5.46. The molecule has 8 nitrogen and oxygen atoms in total. The topological polar surface area (TPSA) is 96.4 Å². The molecule has 3 fully saturated rings. The van der Waals surface area contributed by atoms with Crippen molar-refractivity contribution in [2.24, 2.45) is 17.8 Å². The van der Waals surface area contributed by atoms with Crippen LogP contribution in [0.1, 0.15) is 76.8 Å². The van der Waals surface area contributed by atoms with Crippen LogP contribution in [0.5, 0.6) is 0 Å². The molecule has 43 heavy (non-hydrogen) atoms. The van der Waals surface area contributed by atoms with Gasteiger partial charge < -0.3 is 24.4 Å². The van der Waals surface area contributed by atoms with Crippen LogP contribution >= 0.6 is 0 Å². The van der Waals surface area contributed by atoms with Gasteiger partial charge in [0.25, 0.3) is 5.91 Å². The molecule has 4 rings (SSSR count). The number of unbranched alkanes of at least 4 members (excludes halogenated alkanes) is 2. The van der Waals surface area contributed by atoms with Crippen LogP contribution in [-0.2, 0) is 23.9 Å². The van der Waals surface area contributed by atoms with Crippen LogP contribution in [0, 0.1) is 31.6 Å². The molecular formula is C35H50N2O6. The fourth-order valence-electron chi connectivity index (χ4n) is 7.92. The summed E-state index contributed by atoms with van der Waals surface area (Å²) in [6.07, 6.45) is 8.19. The highest BCUT2D eigenvalue weighted by atomic mass is 16.6. The number of ether oxygens (including phenoxy) is 2. The smallest absolute Gasteiger partial charge is 0.312 e. The van der Waals surface area contributed by atoms with E-state index in [1.807, 2.05) is 58.9 Å². The van der Waals surface area contributed by atoms with Crippen LogP contribution < -0.4 is 4.90 Å². The number of carbonyl (C=O) groups excluding carboxylic acids is 3. The molecule has 8 heteroatoms. The Morgan fingerprint density at radius 2 is 1.88 bits per heavy atom. The van der Waals surface area contributed by atoms with Gasteiger partial charge in [-0.25, -0.2) is 0 Å². The number of hydrogen-bond acceptors (Lipinski definition) is 6. The zero-order chi connectivity index (χ0) is 31.5. The molecule has 1 N–H and O–H groups in total. The van der Waals surface area contributed by atoms with Crippen LogP contribution in [0.15, 0.2) is 43.5 Å². The Morgan fingerprint density at radius 1 is 1.19 bits per heavy atom. The van der Waals surface area contributed by atoms with Crippen molar-refractivity contribution in [1.82, 2.24) is 4.90 Å². The van der Waals surface area contributed by atoms with E-state index in [2.05, 4.69) is 13.2 Å². The molecule has 3 aliphatic rings. The average molecular weight is 595 g/mol. The van der Waals surface area contributed by atoms with Crippen molar-refractivity contribution >= 4 is 23.5 Å². The molecule has 2 bridgehead atoms. The summed E-state index contributed by atoms with van der Waals surface area (Å²) in [5.74, 6) is -2.78. The van der Waals surface area contributed by atoms with Gasteiger partial charge in [0.15, 0.2) is 0 Å². The lowest BCUT2D eigenvalue weighted by atomic mass is 9.65. The van der Waals surface area contributed by atoms with Crippen molar-refractivity contribution in [3.05, 3.63) is 54.6 Å². The normalized spacial score (nSPS) is 28.8. The Balaban J connectivity index is 1.83. The molecule has 0 saturated carbocycles. The van der Waals surface area contributed by atoms with E-state index in [4.69, 9.17) is 9.47 Å². The molecule has 236 valence electrons. The maximum atomic E-state index is 15.0. The largest absolute Gasteiger partial charge is 0.465 e. The maximum Gasteiger partial charge on any atom is 0.312 e. The van der Waals surface area contributed by atoms with Gasteiger partial charge in [-0.3, -0.25) is 14.4 Å². The Hall–Kier alpha value is -2.97. The monoisotopic (exact) mass is 594 g/mol. The number of amides is 2. The molecule has 2 amide bonds. The van der Waals surface area contributed by atoms with E-state index in [-0.39, 0.29) is 37.5 Å². The number of hydrogen-bond donors (Lipinski definition) is 1. The lowest BCUT2D eigenvalue weighted by molar-refractivity contribution is -0.162. The van der Waals surface area contributed by atoms with Crippen molar-refractivity contribution in [2.45, 2.75) is 103 Å². The molecule has 1 spiro atoms. The van der Waals surface area contributed by atoms with Gasteiger partial charge in [-0.1, -0.05) is 57.5 Å². The fraction of sp³-hybridized carbons (Fsp3) is 0.629. The predicted octanol–water partition coefficient (Wildman–Crippen LogP) is 5.28. The number of para-hydroxylation sites is 1. The predicted molar refractivity (Wildman–Crippen MR) is 167 cm³/mol. The first-order valence-corrected chi connectivity index (χ1v) is 16.0. The second kappa shape index (κ2) is 13.3. The molecule has 0 aliphatic carbocycles. The molecule has 0 radical (unpaired) electrons. The van der Waals surface area contributed by atoms with E-state index >= 15 is 0 Å². The second-order valence-electron chi connectivity index (χ2n) is 12.6. The first kappa shape index (κ1) is 32.9. The number of likely N-dealkylation sites (tertiary alicyclic amines) is 1. The highest BCUT2D eigenvalue weighted by molar-refractivity contribution is 6.05. The first-order valence-electron chi connectivity index (χ1n) is 16.0. The van der Waals surface area contributed by atoms with Gasteiger partial charge in [0.2, 0.25) is 5.91 Å². The summed E-state index contributed by atoms with van der Waals surface area (Å²) in [6, 6.07) is 4.27. The number of aliphatic hydroxyl groups is 1. The molecule has 3 saturated heterocycles. The Kier molecular flexibility index (Phi) is 10.2. The molecule has 7 atom stereocenters. The number of fused-ring (bicyclic) bond motifs is 1. The molecule has 3 aliphatic heterocycles. The molecular weight excluding hydrogens is 544 g/mol.